The van der Waals surface area contributed by atoms with E-state index in [1.54, 1.807) is 0 Å². The summed E-state index contributed by atoms with van der Waals surface area (Å²) in [6, 6.07) is 29.8. The zero-order valence-electron chi connectivity index (χ0n) is 19.8. The van der Waals surface area contributed by atoms with Gasteiger partial charge in [-0.1, -0.05) is 106 Å². The second-order valence-corrected chi connectivity index (χ2v) is 7.94. The van der Waals surface area contributed by atoms with Gasteiger partial charge in [0.15, 0.2) is 0 Å². The van der Waals surface area contributed by atoms with Crippen LogP contribution in [-0.2, 0) is 34.3 Å². The lowest BCUT2D eigenvalue weighted by Gasteiger charge is -2.08. The standard InChI is InChI=1S/C28H31N3O3/c1-23(29-32-20-25-12-6-3-7-13-25)18-28(31-34-22-27-16-10-5-11-17-27)19-24(2)30-33-21-26-14-8-4-9-15-26/h3-17H,18-22H2,1-2H3/b29-23+,30-24+. The Labute approximate surface area is 201 Å². The summed E-state index contributed by atoms with van der Waals surface area (Å²) in [7, 11) is 0. The Kier molecular flexibility index (Phi) is 10.4. The second kappa shape index (κ2) is 14.3. The largest absolute Gasteiger partial charge is 0.391 e. The number of oxime groups is 3. The van der Waals surface area contributed by atoms with Crippen LogP contribution in [0.3, 0.4) is 0 Å². The van der Waals surface area contributed by atoms with Gasteiger partial charge in [0, 0.05) is 12.8 Å². The molecule has 3 rings (SSSR count). The van der Waals surface area contributed by atoms with Crippen LogP contribution in [0.15, 0.2) is 106 Å². The molecule has 0 saturated carbocycles. The molecule has 3 aromatic rings. The van der Waals surface area contributed by atoms with Crippen LogP contribution < -0.4 is 0 Å². The highest BCUT2D eigenvalue weighted by molar-refractivity contribution is 6.11. The minimum Gasteiger partial charge on any atom is -0.391 e. The average Bonchev–Trinajstić information content (AvgIpc) is 2.86. The Balaban J connectivity index is 1.57. The van der Waals surface area contributed by atoms with Crippen molar-refractivity contribution >= 4 is 17.1 Å². The van der Waals surface area contributed by atoms with Crippen molar-refractivity contribution in [2.24, 2.45) is 15.5 Å². The third-order valence-corrected chi connectivity index (χ3v) is 4.78. The summed E-state index contributed by atoms with van der Waals surface area (Å²) in [4.78, 5) is 16.7. The van der Waals surface area contributed by atoms with Gasteiger partial charge in [-0.15, -0.1) is 0 Å². The quantitative estimate of drug-likeness (QED) is 0.217. The summed E-state index contributed by atoms with van der Waals surface area (Å²) in [6.45, 7) is 5.06. The van der Waals surface area contributed by atoms with Gasteiger partial charge in [-0.2, -0.15) is 0 Å². The molecule has 0 heterocycles. The molecule has 6 nitrogen and oxygen atoms in total. The number of benzene rings is 3. The topological polar surface area (TPSA) is 64.8 Å². The van der Waals surface area contributed by atoms with Gasteiger partial charge in [0.25, 0.3) is 0 Å². The lowest BCUT2D eigenvalue weighted by atomic mass is 10.1. The van der Waals surface area contributed by atoms with Crippen molar-refractivity contribution < 1.29 is 14.5 Å². The van der Waals surface area contributed by atoms with E-state index in [0.717, 1.165) is 33.8 Å². The van der Waals surface area contributed by atoms with Crippen LogP contribution in [-0.4, -0.2) is 17.1 Å². The minimum atomic E-state index is 0.395. The fourth-order valence-electron chi connectivity index (χ4n) is 3.14. The van der Waals surface area contributed by atoms with Crippen molar-refractivity contribution in [2.75, 3.05) is 0 Å². The lowest BCUT2D eigenvalue weighted by molar-refractivity contribution is 0.127. The predicted molar refractivity (Wildman–Crippen MR) is 137 cm³/mol. The van der Waals surface area contributed by atoms with Crippen molar-refractivity contribution in [1.82, 2.24) is 0 Å². The first-order valence-corrected chi connectivity index (χ1v) is 11.3. The summed E-state index contributed by atoms with van der Waals surface area (Å²) >= 11 is 0. The van der Waals surface area contributed by atoms with Gasteiger partial charge in [-0.25, -0.2) is 0 Å². The molecule has 176 valence electrons. The van der Waals surface area contributed by atoms with Crippen LogP contribution in [0, 0.1) is 0 Å². The summed E-state index contributed by atoms with van der Waals surface area (Å²) in [5.41, 5.74) is 5.59. The molecule has 3 aromatic carbocycles. The Bertz CT molecular complexity index is 1000. The maximum atomic E-state index is 5.63. The van der Waals surface area contributed by atoms with Crippen molar-refractivity contribution in [2.45, 2.75) is 46.5 Å². The normalized spacial score (nSPS) is 11.6. The van der Waals surface area contributed by atoms with E-state index in [-0.39, 0.29) is 0 Å². The second-order valence-electron chi connectivity index (χ2n) is 7.94. The minimum absolute atomic E-state index is 0.395. The highest BCUT2D eigenvalue weighted by atomic mass is 16.6. The van der Waals surface area contributed by atoms with Gasteiger partial charge in [-0.3, -0.25) is 0 Å². The number of rotatable bonds is 13. The Morgan fingerprint density at radius 2 is 0.824 bits per heavy atom. The van der Waals surface area contributed by atoms with E-state index in [2.05, 4.69) is 15.5 Å². The average molecular weight is 458 g/mol. The highest BCUT2D eigenvalue weighted by Crippen LogP contribution is 2.07. The molecule has 0 aliphatic carbocycles. The van der Waals surface area contributed by atoms with Gasteiger partial charge in [0.2, 0.25) is 0 Å². The number of nitrogens with zero attached hydrogens (tertiary/aromatic N) is 3. The predicted octanol–water partition coefficient (Wildman–Crippen LogP) is 6.52. The molecule has 0 aromatic heterocycles. The first-order valence-electron chi connectivity index (χ1n) is 11.3. The zero-order chi connectivity index (χ0) is 23.8. The van der Waals surface area contributed by atoms with Crippen LogP contribution in [0.25, 0.3) is 0 Å². The molecule has 0 atom stereocenters. The van der Waals surface area contributed by atoms with E-state index >= 15 is 0 Å². The number of hydrogen-bond acceptors (Lipinski definition) is 6. The first kappa shape index (κ1) is 24.7. The van der Waals surface area contributed by atoms with Crippen molar-refractivity contribution in [3.05, 3.63) is 108 Å². The number of hydrogen-bond donors (Lipinski definition) is 0. The molecule has 0 spiro atoms. The third-order valence-electron chi connectivity index (χ3n) is 4.78. The maximum absolute atomic E-state index is 5.63. The third kappa shape index (κ3) is 9.69. The summed E-state index contributed by atoms with van der Waals surface area (Å²) in [5, 5.41) is 12.9. The van der Waals surface area contributed by atoms with E-state index in [0.29, 0.717) is 32.7 Å². The Morgan fingerprint density at radius 3 is 1.18 bits per heavy atom. The molecule has 0 aliphatic rings. The Hall–Kier alpha value is -3.93. The van der Waals surface area contributed by atoms with Gasteiger partial charge < -0.3 is 14.5 Å². The molecule has 0 fully saturated rings. The Morgan fingerprint density at radius 1 is 0.500 bits per heavy atom. The molecule has 6 heteroatoms. The molecule has 34 heavy (non-hydrogen) atoms. The zero-order valence-corrected chi connectivity index (χ0v) is 19.8. The SMILES string of the molecule is C/C(CC(C/C(C)=N/OCc1ccccc1)=NOCc1ccccc1)=N\OCc1ccccc1. The maximum Gasteiger partial charge on any atom is 0.142 e. The first-order chi connectivity index (χ1) is 16.7. The summed E-state index contributed by atoms with van der Waals surface area (Å²) < 4.78 is 0. The highest BCUT2D eigenvalue weighted by Gasteiger charge is 2.08. The van der Waals surface area contributed by atoms with E-state index in [1.165, 1.54) is 0 Å². The molecule has 0 bridgehead atoms. The van der Waals surface area contributed by atoms with Gasteiger partial charge in [0.1, 0.15) is 19.8 Å². The molecular formula is C28H31N3O3. The molecule has 0 unspecified atom stereocenters. The molecular weight excluding hydrogens is 426 g/mol. The molecule has 0 N–H and O–H groups in total. The van der Waals surface area contributed by atoms with Crippen LogP contribution in [0.2, 0.25) is 0 Å². The fraction of sp³-hybridized carbons (Fsp3) is 0.250. The van der Waals surface area contributed by atoms with Crippen LogP contribution in [0.4, 0.5) is 0 Å². The van der Waals surface area contributed by atoms with Crippen LogP contribution in [0.5, 0.6) is 0 Å². The fourth-order valence-corrected chi connectivity index (χ4v) is 3.14. The van der Waals surface area contributed by atoms with Crippen molar-refractivity contribution in [3.63, 3.8) is 0 Å². The van der Waals surface area contributed by atoms with Crippen molar-refractivity contribution in [3.8, 4) is 0 Å². The van der Waals surface area contributed by atoms with Crippen molar-refractivity contribution in [1.29, 1.82) is 0 Å². The molecule has 0 saturated heterocycles. The molecule has 0 radical (unpaired) electrons. The van der Waals surface area contributed by atoms with E-state index in [9.17, 15) is 0 Å². The van der Waals surface area contributed by atoms with Gasteiger partial charge >= 0.3 is 0 Å². The van der Waals surface area contributed by atoms with Crippen LogP contribution in [0.1, 0.15) is 43.4 Å². The van der Waals surface area contributed by atoms with Gasteiger partial charge in [-0.05, 0) is 30.5 Å². The van der Waals surface area contributed by atoms with Crippen LogP contribution >= 0.6 is 0 Å². The summed E-state index contributed by atoms with van der Waals surface area (Å²) in [5.74, 6) is 0. The lowest BCUT2D eigenvalue weighted by Crippen LogP contribution is -2.11. The monoisotopic (exact) mass is 457 g/mol. The van der Waals surface area contributed by atoms with E-state index in [1.807, 2.05) is 105 Å². The molecule has 0 amide bonds. The van der Waals surface area contributed by atoms with Gasteiger partial charge in [0.05, 0.1) is 17.1 Å². The van der Waals surface area contributed by atoms with E-state index in [4.69, 9.17) is 14.5 Å². The smallest absolute Gasteiger partial charge is 0.142 e. The summed E-state index contributed by atoms with van der Waals surface area (Å²) in [6.07, 6.45) is 1.02. The van der Waals surface area contributed by atoms with E-state index < -0.39 is 0 Å². The molecule has 0 aliphatic heterocycles.